The SMILES string of the molecule is COc1ccc(C2=NC(=Cc3ccc(C)cc3C)C(=O)O2)cc1OC. The van der Waals surface area contributed by atoms with Gasteiger partial charge in [0.15, 0.2) is 17.2 Å². The number of aryl methyl sites for hydroxylation is 2. The second-order valence-electron chi connectivity index (χ2n) is 5.77. The van der Waals surface area contributed by atoms with Gasteiger partial charge in [0.1, 0.15) is 0 Å². The van der Waals surface area contributed by atoms with Crippen molar-refractivity contribution in [1.82, 2.24) is 0 Å². The van der Waals surface area contributed by atoms with Crippen molar-refractivity contribution in [1.29, 1.82) is 0 Å². The summed E-state index contributed by atoms with van der Waals surface area (Å²) in [6.45, 7) is 4.03. The lowest BCUT2D eigenvalue weighted by Gasteiger charge is -2.08. The van der Waals surface area contributed by atoms with Gasteiger partial charge >= 0.3 is 5.97 Å². The molecule has 0 radical (unpaired) electrons. The van der Waals surface area contributed by atoms with Gasteiger partial charge in [-0.05, 0) is 49.2 Å². The van der Waals surface area contributed by atoms with E-state index in [2.05, 4.69) is 11.1 Å². The maximum absolute atomic E-state index is 12.2. The molecule has 0 aromatic heterocycles. The number of rotatable bonds is 4. The Hall–Kier alpha value is -3.08. The number of cyclic esters (lactones) is 1. The van der Waals surface area contributed by atoms with Crippen LogP contribution in [0.15, 0.2) is 47.1 Å². The molecule has 2 aromatic carbocycles. The van der Waals surface area contributed by atoms with Crippen molar-refractivity contribution >= 4 is 17.9 Å². The third kappa shape index (κ3) is 3.40. The normalized spacial score (nSPS) is 15.1. The molecule has 0 aliphatic carbocycles. The van der Waals surface area contributed by atoms with E-state index < -0.39 is 5.97 Å². The Kier molecular flexibility index (Phi) is 4.57. The molecule has 128 valence electrons. The summed E-state index contributed by atoms with van der Waals surface area (Å²) in [6.07, 6.45) is 1.74. The molecule has 0 fully saturated rings. The molecule has 0 saturated carbocycles. The van der Waals surface area contributed by atoms with Crippen LogP contribution < -0.4 is 9.47 Å². The molecule has 2 aromatic rings. The van der Waals surface area contributed by atoms with E-state index in [1.807, 2.05) is 26.0 Å². The number of ether oxygens (including phenoxy) is 3. The van der Waals surface area contributed by atoms with Crippen LogP contribution in [-0.4, -0.2) is 26.1 Å². The zero-order chi connectivity index (χ0) is 18.0. The van der Waals surface area contributed by atoms with Gasteiger partial charge in [-0.3, -0.25) is 0 Å². The molecule has 25 heavy (non-hydrogen) atoms. The highest BCUT2D eigenvalue weighted by Gasteiger charge is 2.25. The van der Waals surface area contributed by atoms with Gasteiger partial charge in [0.2, 0.25) is 5.90 Å². The maximum atomic E-state index is 12.2. The molecular formula is C20H19NO4. The monoisotopic (exact) mass is 337 g/mol. The summed E-state index contributed by atoms with van der Waals surface area (Å²) in [6, 6.07) is 11.3. The van der Waals surface area contributed by atoms with E-state index in [9.17, 15) is 4.79 Å². The van der Waals surface area contributed by atoms with Gasteiger partial charge in [-0.25, -0.2) is 9.79 Å². The Morgan fingerprint density at radius 2 is 1.76 bits per heavy atom. The molecule has 1 heterocycles. The highest BCUT2D eigenvalue weighted by molar-refractivity contribution is 6.13. The quantitative estimate of drug-likeness (QED) is 0.631. The molecular weight excluding hydrogens is 318 g/mol. The molecule has 0 amide bonds. The summed E-state index contributed by atoms with van der Waals surface area (Å²) in [5, 5.41) is 0. The second kappa shape index (κ2) is 6.81. The molecule has 0 saturated heterocycles. The van der Waals surface area contributed by atoms with Crippen LogP contribution in [-0.2, 0) is 9.53 Å². The maximum Gasteiger partial charge on any atom is 0.363 e. The third-order valence-electron chi connectivity index (χ3n) is 3.97. The van der Waals surface area contributed by atoms with Crippen molar-refractivity contribution in [2.45, 2.75) is 13.8 Å². The molecule has 3 rings (SSSR count). The third-order valence-corrected chi connectivity index (χ3v) is 3.97. The van der Waals surface area contributed by atoms with Gasteiger partial charge in [0.25, 0.3) is 0 Å². The van der Waals surface area contributed by atoms with Gasteiger partial charge in [-0.2, -0.15) is 0 Å². The fraction of sp³-hybridized carbons (Fsp3) is 0.200. The van der Waals surface area contributed by atoms with Crippen molar-refractivity contribution in [2.75, 3.05) is 14.2 Å². The molecule has 1 aliphatic rings. The van der Waals surface area contributed by atoms with Crippen LogP contribution in [0.4, 0.5) is 0 Å². The van der Waals surface area contributed by atoms with Crippen LogP contribution in [0.2, 0.25) is 0 Å². The van der Waals surface area contributed by atoms with Gasteiger partial charge in [-0.1, -0.05) is 23.8 Å². The highest BCUT2D eigenvalue weighted by Crippen LogP contribution is 2.29. The molecule has 0 bridgehead atoms. The molecule has 0 N–H and O–H groups in total. The van der Waals surface area contributed by atoms with E-state index in [1.165, 1.54) is 5.56 Å². The standard InChI is InChI=1S/C20H19NO4/c1-12-5-6-14(13(2)9-12)10-16-20(22)25-19(21-16)15-7-8-17(23-3)18(11-15)24-4/h5-11H,1-4H3. The van der Waals surface area contributed by atoms with Crippen LogP contribution >= 0.6 is 0 Å². The summed E-state index contributed by atoms with van der Waals surface area (Å²) >= 11 is 0. The largest absolute Gasteiger partial charge is 0.493 e. The van der Waals surface area contributed by atoms with E-state index in [1.54, 1.807) is 38.5 Å². The summed E-state index contributed by atoms with van der Waals surface area (Å²) < 4.78 is 15.8. The number of nitrogens with zero attached hydrogens (tertiary/aromatic N) is 1. The number of aliphatic imine (C=N–C) groups is 1. The van der Waals surface area contributed by atoms with Gasteiger partial charge in [-0.15, -0.1) is 0 Å². The highest BCUT2D eigenvalue weighted by atomic mass is 16.6. The lowest BCUT2D eigenvalue weighted by atomic mass is 10.0. The zero-order valence-corrected chi connectivity index (χ0v) is 14.6. The molecule has 0 unspecified atom stereocenters. The van der Waals surface area contributed by atoms with Crippen LogP contribution in [0.1, 0.15) is 22.3 Å². The van der Waals surface area contributed by atoms with Gasteiger partial charge < -0.3 is 14.2 Å². The summed E-state index contributed by atoms with van der Waals surface area (Å²) in [7, 11) is 3.12. The Labute approximate surface area is 146 Å². The average molecular weight is 337 g/mol. The lowest BCUT2D eigenvalue weighted by molar-refractivity contribution is -0.129. The van der Waals surface area contributed by atoms with Crippen LogP contribution in [0.3, 0.4) is 0 Å². The first-order valence-corrected chi connectivity index (χ1v) is 7.84. The van der Waals surface area contributed by atoms with E-state index in [0.717, 1.165) is 11.1 Å². The van der Waals surface area contributed by atoms with E-state index >= 15 is 0 Å². The van der Waals surface area contributed by atoms with Crippen molar-refractivity contribution < 1.29 is 19.0 Å². The molecule has 0 atom stereocenters. The smallest absolute Gasteiger partial charge is 0.363 e. The number of esters is 1. The first-order valence-electron chi connectivity index (χ1n) is 7.84. The first kappa shape index (κ1) is 16.8. The first-order chi connectivity index (χ1) is 12.0. The number of hydrogen-bond acceptors (Lipinski definition) is 5. The Morgan fingerprint density at radius 3 is 2.44 bits per heavy atom. The Morgan fingerprint density at radius 1 is 1.00 bits per heavy atom. The van der Waals surface area contributed by atoms with Crippen molar-refractivity contribution in [3.8, 4) is 11.5 Å². The number of benzene rings is 2. The van der Waals surface area contributed by atoms with Gasteiger partial charge in [0, 0.05) is 5.56 Å². The van der Waals surface area contributed by atoms with E-state index in [0.29, 0.717) is 17.1 Å². The lowest BCUT2D eigenvalue weighted by Crippen LogP contribution is -2.06. The molecule has 1 aliphatic heterocycles. The molecule has 0 spiro atoms. The summed E-state index contributed by atoms with van der Waals surface area (Å²) in [5.74, 6) is 0.930. The predicted octanol–water partition coefficient (Wildman–Crippen LogP) is 3.67. The van der Waals surface area contributed by atoms with Crippen LogP contribution in [0.5, 0.6) is 11.5 Å². The number of carbonyl (C=O) groups excluding carboxylic acids is 1. The summed E-state index contributed by atoms with van der Waals surface area (Å²) in [5.41, 5.74) is 4.11. The minimum absolute atomic E-state index is 0.252. The predicted molar refractivity (Wildman–Crippen MR) is 96.1 cm³/mol. The van der Waals surface area contributed by atoms with Gasteiger partial charge in [0.05, 0.1) is 14.2 Å². The molecule has 5 heteroatoms. The Bertz CT molecular complexity index is 897. The summed E-state index contributed by atoms with van der Waals surface area (Å²) in [4.78, 5) is 16.5. The average Bonchev–Trinajstić information content (AvgIpc) is 2.97. The zero-order valence-electron chi connectivity index (χ0n) is 14.6. The number of carbonyl (C=O) groups is 1. The van der Waals surface area contributed by atoms with Crippen molar-refractivity contribution in [3.63, 3.8) is 0 Å². The van der Waals surface area contributed by atoms with Crippen LogP contribution in [0, 0.1) is 13.8 Å². The van der Waals surface area contributed by atoms with E-state index in [-0.39, 0.29) is 11.6 Å². The number of methoxy groups -OCH3 is 2. The topological polar surface area (TPSA) is 57.1 Å². The fourth-order valence-corrected chi connectivity index (χ4v) is 2.64. The minimum Gasteiger partial charge on any atom is -0.493 e. The van der Waals surface area contributed by atoms with E-state index in [4.69, 9.17) is 14.2 Å². The fourth-order valence-electron chi connectivity index (χ4n) is 2.64. The number of hydrogen-bond donors (Lipinski definition) is 0. The minimum atomic E-state index is -0.468. The van der Waals surface area contributed by atoms with Crippen molar-refractivity contribution in [3.05, 3.63) is 64.3 Å². The Balaban J connectivity index is 1.96. The van der Waals surface area contributed by atoms with Crippen LogP contribution in [0.25, 0.3) is 6.08 Å². The molecule has 5 nitrogen and oxygen atoms in total. The van der Waals surface area contributed by atoms with Crippen molar-refractivity contribution in [2.24, 2.45) is 4.99 Å². The second-order valence-corrected chi connectivity index (χ2v) is 5.77.